The van der Waals surface area contributed by atoms with Crippen LogP contribution in [-0.4, -0.2) is 63.1 Å². The number of carboxylic acid groups (broad SMARTS) is 1. The number of ether oxygens (including phenoxy) is 1. The van der Waals surface area contributed by atoms with Crippen LogP contribution in [0.15, 0.2) is 24.5 Å². The van der Waals surface area contributed by atoms with Crippen LogP contribution in [0.4, 0.5) is 14.6 Å². The first-order valence-corrected chi connectivity index (χ1v) is 13.4. The largest absolute Gasteiger partial charge is 0.480 e. The Morgan fingerprint density at radius 2 is 2.03 bits per heavy atom. The Hall–Kier alpha value is -2.88. The van der Waals surface area contributed by atoms with Crippen LogP contribution in [0.1, 0.15) is 67.8 Å². The van der Waals surface area contributed by atoms with Gasteiger partial charge in [0.05, 0.1) is 6.61 Å². The molecule has 8 nitrogen and oxygen atoms in total. The summed E-state index contributed by atoms with van der Waals surface area (Å²) >= 11 is 0. The number of nitrogens with one attached hydrogen (secondary N) is 1. The Balaban J connectivity index is 1.11. The van der Waals surface area contributed by atoms with E-state index in [2.05, 4.69) is 26.3 Å². The fourth-order valence-corrected chi connectivity index (χ4v) is 5.27. The van der Waals surface area contributed by atoms with E-state index in [9.17, 15) is 9.90 Å². The van der Waals surface area contributed by atoms with Gasteiger partial charge in [-0.05, 0) is 75.5 Å². The van der Waals surface area contributed by atoms with Crippen molar-refractivity contribution in [2.24, 2.45) is 11.8 Å². The van der Waals surface area contributed by atoms with Crippen molar-refractivity contribution < 1.29 is 23.4 Å². The van der Waals surface area contributed by atoms with Gasteiger partial charge in [0.15, 0.2) is 0 Å². The van der Waals surface area contributed by atoms with Crippen molar-refractivity contribution in [3.8, 4) is 6.01 Å². The Bertz CT molecular complexity index is 1080. The first kappa shape index (κ1) is 25.8. The molecule has 0 radical (unpaired) electrons. The molecule has 0 amide bonds. The molecule has 1 saturated heterocycles. The number of hydrogen-bond acceptors (Lipinski definition) is 7. The van der Waals surface area contributed by atoms with Crippen molar-refractivity contribution in [3.05, 3.63) is 41.3 Å². The highest BCUT2D eigenvalue weighted by Gasteiger charge is 2.45. The maximum absolute atomic E-state index is 15.1. The summed E-state index contributed by atoms with van der Waals surface area (Å²) in [7, 11) is 0. The number of carbonyl (C=O) groups is 1. The molecule has 2 atom stereocenters. The molecule has 0 spiro atoms. The molecule has 2 fully saturated rings. The van der Waals surface area contributed by atoms with Crippen molar-refractivity contribution in [3.63, 3.8) is 0 Å². The lowest BCUT2D eigenvalue weighted by molar-refractivity contribution is -0.143. The quantitative estimate of drug-likeness (QED) is 0.398. The third-order valence-corrected chi connectivity index (χ3v) is 7.67. The molecular weight excluding hydrogens is 480 g/mol. The molecule has 0 bridgehead atoms. The highest BCUT2D eigenvalue weighted by atomic mass is 19.3. The average molecular weight is 516 g/mol. The number of rotatable bonds is 12. The predicted octanol–water partition coefficient (Wildman–Crippen LogP) is 4.51. The second-order valence-electron chi connectivity index (χ2n) is 10.6. The van der Waals surface area contributed by atoms with Gasteiger partial charge in [-0.3, -0.25) is 9.69 Å². The monoisotopic (exact) mass is 515 g/mol. The molecule has 4 heterocycles. The van der Waals surface area contributed by atoms with E-state index >= 15 is 8.78 Å². The van der Waals surface area contributed by atoms with Gasteiger partial charge in [0.1, 0.15) is 11.9 Å². The number of likely N-dealkylation sites (tertiary alicyclic amines) is 1. The maximum Gasteiger partial charge on any atom is 0.325 e. The Morgan fingerprint density at radius 3 is 2.78 bits per heavy atom. The molecule has 0 aromatic carbocycles. The van der Waals surface area contributed by atoms with Crippen LogP contribution in [0.5, 0.6) is 6.01 Å². The summed E-state index contributed by atoms with van der Waals surface area (Å²) in [6, 6.07) is 3.25. The van der Waals surface area contributed by atoms with Crippen LogP contribution in [-0.2, 0) is 17.6 Å². The van der Waals surface area contributed by atoms with Gasteiger partial charge >= 0.3 is 12.0 Å². The van der Waals surface area contributed by atoms with Crippen LogP contribution in [0, 0.1) is 11.8 Å². The molecule has 2 aromatic heterocycles. The zero-order valence-electron chi connectivity index (χ0n) is 21.0. The summed E-state index contributed by atoms with van der Waals surface area (Å²) in [6.45, 7) is 1.81. The lowest BCUT2D eigenvalue weighted by Gasteiger charge is -2.27. The number of aryl methyl sites for hydroxylation is 2. The number of halogens is 2. The zero-order chi connectivity index (χ0) is 25.8. The van der Waals surface area contributed by atoms with E-state index in [0.717, 1.165) is 43.7 Å². The number of nitrogens with zero attached hydrogens (tertiary/aromatic N) is 4. The predicted molar refractivity (Wildman–Crippen MR) is 134 cm³/mol. The minimum Gasteiger partial charge on any atom is -0.480 e. The summed E-state index contributed by atoms with van der Waals surface area (Å²) in [5.74, 6) is -3.33. The first-order chi connectivity index (χ1) is 17.9. The van der Waals surface area contributed by atoms with Crippen molar-refractivity contribution in [1.82, 2.24) is 19.9 Å². The number of alkyl halides is 2. The summed E-state index contributed by atoms with van der Waals surface area (Å²) in [5, 5.41) is 13.2. The van der Waals surface area contributed by atoms with Gasteiger partial charge < -0.3 is 15.2 Å². The SMILES string of the molecule is O=C(O)C(c1cnc(OCC2CC2)nc1)N1CCC(C(F)(F)CCCCc2ccc3c(n2)NCCC3)C1. The molecule has 2 aliphatic heterocycles. The van der Waals surface area contributed by atoms with Crippen molar-refractivity contribution in [2.45, 2.75) is 69.8 Å². The van der Waals surface area contributed by atoms with Gasteiger partial charge in [0, 0.05) is 49.1 Å². The number of carboxylic acids is 1. The smallest absolute Gasteiger partial charge is 0.325 e. The second kappa shape index (κ2) is 11.2. The molecule has 200 valence electrons. The van der Waals surface area contributed by atoms with Crippen molar-refractivity contribution in [1.29, 1.82) is 0 Å². The van der Waals surface area contributed by atoms with Crippen molar-refractivity contribution in [2.75, 3.05) is 31.6 Å². The molecule has 2 N–H and O–H groups in total. The van der Waals surface area contributed by atoms with Crippen LogP contribution in [0.3, 0.4) is 0 Å². The molecule has 2 unspecified atom stereocenters. The standard InChI is InChI=1S/C27H35F2N5O3/c28-27(29,11-2-1-5-22-9-8-19-4-3-12-30-24(19)33-22)21-10-13-34(16-21)23(25(35)36)20-14-31-26(32-15-20)37-17-18-6-7-18/h8-9,14-15,18,21,23H,1-7,10-13,16-17H2,(H,30,33)(H,35,36). The number of anilines is 1. The number of aromatic nitrogens is 3. The van der Waals surface area contributed by atoms with Crippen LogP contribution in [0.25, 0.3) is 0 Å². The third kappa shape index (κ3) is 6.52. The highest BCUT2D eigenvalue weighted by molar-refractivity contribution is 5.75. The summed E-state index contributed by atoms with van der Waals surface area (Å²) in [4.78, 5) is 26.6. The highest BCUT2D eigenvalue weighted by Crippen LogP contribution is 2.39. The Labute approximate surface area is 215 Å². The van der Waals surface area contributed by atoms with E-state index in [-0.39, 0.29) is 25.4 Å². The second-order valence-corrected chi connectivity index (χ2v) is 10.6. The lowest BCUT2D eigenvalue weighted by atomic mass is 9.95. The lowest BCUT2D eigenvalue weighted by Crippen LogP contribution is -2.36. The summed E-state index contributed by atoms with van der Waals surface area (Å²) in [6.07, 6.45) is 9.04. The minimum absolute atomic E-state index is 0.0297. The molecule has 2 aromatic rings. The molecular formula is C27H35F2N5O3. The van der Waals surface area contributed by atoms with Gasteiger partial charge in [-0.1, -0.05) is 6.07 Å². The van der Waals surface area contributed by atoms with Gasteiger partial charge in [0.25, 0.3) is 5.92 Å². The van der Waals surface area contributed by atoms with Crippen LogP contribution < -0.4 is 10.1 Å². The molecule has 37 heavy (non-hydrogen) atoms. The molecule has 1 aliphatic carbocycles. The average Bonchev–Trinajstić information content (AvgIpc) is 3.60. The molecule has 5 rings (SSSR count). The van der Waals surface area contributed by atoms with Gasteiger partial charge in [0.2, 0.25) is 0 Å². The molecule has 3 aliphatic rings. The molecule has 1 saturated carbocycles. The van der Waals surface area contributed by atoms with Crippen molar-refractivity contribution >= 4 is 11.8 Å². The van der Waals surface area contributed by atoms with Gasteiger partial charge in [-0.25, -0.2) is 23.7 Å². The van der Waals surface area contributed by atoms with E-state index in [1.165, 1.54) is 18.0 Å². The van der Waals surface area contributed by atoms with E-state index < -0.39 is 23.9 Å². The van der Waals surface area contributed by atoms with E-state index in [1.54, 1.807) is 4.90 Å². The maximum atomic E-state index is 15.1. The Kier molecular flexibility index (Phi) is 7.83. The fraction of sp³-hybridized carbons (Fsp3) is 0.630. The normalized spacial score (nSPS) is 20.8. The number of hydrogen-bond donors (Lipinski definition) is 2. The first-order valence-electron chi connectivity index (χ1n) is 13.4. The third-order valence-electron chi connectivity index (χ3n) is 7.67. The Morgan fingerprint density at radius 1 is 1.22 bits per heavy atom. The number of aliphatic carboxylic acids is 1. The topological polar surface area (TPSA) is 100 Å². The number of fused-ring (bicyclic) bond motifs is 1. The number of pyridine rings is 1. The van der Waals surface area contributed by atoms with E-state index in [1.807, 2.05) is 6.07 Å². The van der Waals surface area contributed by atoms with E-state index in [0.29, 0.717) is 43.9 Å². The zero-order valence-corrected chi connectivity index (χ0v) is 21.0. The van der Waals surface area contributed by atoms with Crippen LogP contribution >= 0.6 is 0 Å². The molecule has 10 heteroatoms. The van der Waals surface area contributed by atoms with Gasteiger partial charge in [-0.2, -0.15) is 0 Å². The summed E-state index contributed by atoms with van der Waals surface area (Å²) < 4.78 is 35.7. The van der Waals surface area contributed by atoms with Gasteiger partial charge in [-0.15, -0.1) is 0 Å². The summed E-state index contributed by atoms with van der Waals surface area (Å²) in [5.41, 5.74) is 2.53. The van der Waals surface area contributed by atoms with Crippen LogP contribution in [0.2, 0.25) is 0 Å². The number of unbranched alkanes of at least 4 members (excludes halogenated alkanes) is 1. The van der Waals surface area contributed by atoms with E-state index in [4.69, 9.17) is 4.74 Å². The fourth-order valence-electron chi connectivity index (χ4n) is 5.27. The minimum atomic E-state index is -2.85.